The molecule has 218 valence electrons. The molecule has 0 bridgehead atoms. The van der Waals surface area contributed by atoms with Gasteiger partial charge < -0.3 is 10.0 Å². The van der Waals surface area contributed by atoms with Gasteiger partial charge in [-0.05, 0) is 69.5 Å². The third kappa shape index (κ3) is 6.09. The van der Waals surface area contributed by atoms with E-state index in [9.17, 15) is 17.8 Å². The van der Waals surface area contributed by atoms with Gasteiger partial charge in [0.15, 0.2) is 5.71 Å². The van der Waals surface area contributed by atoms with Crippen molar-refractivity contribution in [2.75, 3.05) is 18.5 Å². The number of hydrogen-bond donors (Lipinski definition) is 2. The van der Waals surface area contributed by atoms with E-state index in [4.69, 9.17) is 5.11 Å². The van der Waals surface area contributed by atoms with E-state index in [2.05, 4.69) is 67.6 Å². The number of nitrogens with zero attached hydrogens (tertiary/aromatic N) is 2. The first-order valence-electron chi connectivity index (χ1n) is 14.0. The number of carbonyl (C=O) groups is 1. The molecule has 2 aromatic rings. The minimum Gasteiger partial charge on any atom is -0.481 e. The molecule has 2 aliphatic heterocycles. The summed E-state index contributed by atoms with van der Waals surface area (Å²) < 4.78 is 35.6. The molecule has 0 saturated heterocycles. The Morgan fingerprint density at radius 1 is 0.951 bits per heavy atom. The van der Waals surface area contributed by atoms with Crippen LogP contribution in [0.4, 0.5) is 11.4 Å². The van der Waals surface area contributed by atoms with Crippen LogP contribution in [0.25, 0.3) is 0 Å². The molecule has 2 N–H and O–H groups in total. The summed E-state index contributed by atoms with van der Waals surface area (Å²) in [4.78, 5) is 13.0. The van der Waals surface area contributed by atoms with Crippen molar-refractivity contribution in [3.05, 3.63) is 89.2 Å². The number of benzene rings is 2. The molecule has 2 aromatic carbocycles. The third-order valence-electron chi connectivity index (χ3n) is 8.35. The van der Waals surface area contributed by atoms with Crippen molar-refractivity contribution >= 4 is 33.2 Å². The first kappa shape index (κ1) is 30.5. The Kier molecular flexibility index (Phi) is 8.48. The Balaban J connectivity index is 1.60. The molecule has 2 aliphatic rings. The van der Waals surface area contributed by atoms with Crippen LogP contribution >= 0.6 is 0 Å². The second kappa shape index (κ2) is 11.4. The lowest BCUT2D eigenvalue weighted by molar-refractivity contribution is -0.401. The zero-order valence-corrected chi connectivity index (χ0v) is 25.6. The highest BCUT2D eigenvalue weighted by molar-refractivity contribution is 7.85. The fourth-order valence-electron chi connectivity index (χ4n) is 6.09. The summed E-state index contributed by atoms with van der Waals surface area (Å²) in [5, 5.41) is 8.96. The predicted octanol–water partition coefficient (Wildman–Crippen LogP) is 6.69. The van der Waals surface area contributed by atoms with Crippen molar-refractivity contribution in [2.24, 2.45) is 0 Å². The second-order valence-electron chi connectivity index (χ2n) is 12.0. The Labute approximate surface area is 244 Å². The first-order valence-corrected chi connectivity index (χ1v) is 15.5. The second-order valence-corrected chi connectivity index (χ2v) is 13.4. The highest BCUT2D eigenvalue weighted by Gasteiger charge is 2.43. The summed E-state index contributed by atoms with van der Waals surface area (Å²) >= 11 is 0. The molecule has 0 aromatic heterocycles. The van der Waals surface area contributed by atoms with Crippen LogP contribution in [0.2, 0.25) is 0 Å². The zero-order chi connectivity index (χ0) is 30.2. The summed E-state index contributed by atoms with van der Waals surface area (Å²) in [6.07, 6.45) is 12.6. The molecule has 0 saturated carbocycles. The molecule has 2 heterocycles. The van der Waals surface area contributed by atoms with Crippen molar-refractivity contribution in [2.45, 2.75) is 76.0 Å². The largest absolute Gasteiger partial charge is 0.481 e. The monoisotopic (exact) mass is 577 g/mol. The lowest BCUT2D eigenvalue weighted by atomic mass is 9.81. The van der Waals surface area contributed by atoms with E-state index in [1.807, 2.05) is 32.1 Å². The molecular weight excluding hydrogens is 536 g/mol. The maximum absolute atomic E-state index is 11.9. The maximum Gasteiger partial charge on any atom is 0.303 e. The fraction of sp³-hybridized carbons (Fsp3) is 0.394. The lowest BCUT2D eigenvalue weighted by Crippen LogP contribution is -2.27. The number of fused-ring (bicyclic) bond motifs is 2. The van der Waals surface area contributed by atoms with Gasteiger partial charge in [0.2, 0.25) is 5.69 Å². The van der Waals surface area contributed by atoms with E-state index in [1.54, 1.807) is 12.1 Å². The van der Waals surface area contributed by atoms with E-state index in [0.29, 0.717) is 13.0 Å². The minimum atomic E-state index is -4.33. The molecule has 0 atom stereocenters. The van der Waals surface area contributed by atoms with E-state index in [-0.39, 0.29) is 16.7 Å². The van der Waals surface area contributed by atoms with Crippen molar-refractivity contribution in [1.29, 1.82) is 0 Å². The number of aryl methyl sites for hydroxylation is 1. The molecule has 8 heteroatoms. The SMILES string of the molecule is Cc1ccc2c(c1)C(C)(C)C(C=CC=CC=C1N(CCCCCC(=O)O)c3ccc(S(=O)(=O)O)cc3C1(C)C)=[N+]2C. The van der Waals surface area contributed by atoms with Gasteiger partial charge in [0.25, 0.3) is 10.1 Å². The standard InChI is InChI=1S/C33H40N2O5S/c1-23-16-18-27-25(21-23)32(2,3)29(34(27)6)13-9-7-10-14-30-33(4,5)26-22-24(41(38,39)40)17-19-28(26)35(30)20-12-8-11-15-31(36)37/h7,9-10,13-14,16-19,21-22H,8,11-12,15,20H2,1-6H3,(H-,36,37,38,39,40)/p+1. The van der Waals surface area contributed by atoms with Gasteiger partial charge in [-0.3, -0.25) is 9.35 Å². The average Bonchev–Trinajstić information content (AvgIpc) is 3.21. The van der Waals surface area contributed by atoms with Gasteiger partial charge in [-0.25, -0.2) is 0 Å². The van der Waals surface area contributed by atoms with E-state index in [1.165, 1.54) is 28.6 Å². The summed E-state index contributed by atoms with van der Waals surface area (Å²) in [7, 11) is -2.23. The maximum atomic E-state index is 11.9. The van der Waals surface area contributed by atoms with Gasteiger partial charge in [0, 0.05) is 47.5 Å². The number of carboxylic acid groups (broad SMARTS) is 1. The molecule has 0 radical (unpaired) electrons. The van der Waals surface area contributed by atoms with Crippen molar-refractivity contribution in [1.82, 2.24) is 0 Å². The van der Waals surface area contributed by atoms with Crippen LogP contribution in [0.3, 0.4) is 0 Å². The summed E-state index contributed by atoms with van der Waals surface area (Å²) in [6, 6.07) is 11.3. The molecule has 0 aliphatic carbocycles. The van der Waals surface area contributed by atoms with Crippen LogP contribution in [0.1, 0.15) is 70.1 Å². The Bertz CT molecular complexity index is 1590. The zero-order valence-electron chi connectivity index (χ0n) is 24.8. The first-order chi connectivity index (χ1) is 19.2. The van der Waals surface area contributed by atoms with Gasteiger partial charge in [0.1, 0.15) is 7.05 Å². The molecule has 0 fully saturated rings. The highest BCUT2D eigenvalue weighted by atomic mass is 32.2. The molecular formula is C33H41N2O5S+. The van der Waals surface area contributed by atoms with Gasteiger partial charge >= 0.3 is 5.97 Å². The van der Waals surface area contributed by atoms with Crippen LogP contribution in [0.15, 0.2) is 77.4 Å². The van der Waals surface area contributed by atoms with Gasteiger partial charge in [-0.2, -0.15) is 13.0 Å². The number of allylic oxidation sites excluding steroid dienone is 6. The minimum absolute atomic E-state index is 0.115. The number of carboxylic acids is 1. The molecule has 41 heavy (non-hydrogen) atoms. The van der Waals surface area contributed by atoms with Crippen LogP contribution < -0.4 is 4.90 Å². The lowest BCUT2D eigenvalue weighted by Gasteiger charge is -2.27. The van der Waals surface area contributed by atoms with Crippen LogP contribution in [0, 0.1) is 6.92 Å². The Morgan fingerprint density at radius 2 is 1.68 bits per heavy atom. The van der Waals surface area contributed by atoms with Crippen LogP contribution in [-0.2, 0) is 25.7 Å². The average molecular weight is 578 g/mol. The number of unbranched alkanes of at least 4 members (excludes halogenated alkanes) is 2. The molecule has 0 amide bonds. The molecule has 4 rings (SSSR count). The van der Waals surface area contributed by atoms with Crippen molar-refractivity contribution < 1.29 is 27.4 Å². The topological polar surface area (TPSA) is 97.9 Å². The summed E-state index contributed by atoms with van der Waals surface area (Å²) in [5.41, 5.74) is 7.11. The van der Waals surface area contributed by atoms with Gasteiger partial charge in [-0.1, -0.05) is 50.1 Å². The van der Waals surface area contributed by atoms with E-state index >= 15 is 0 Å². The smallest absolute Gasteiger partial charge is 0.303 e. The quantitative estimate of drug-likeness (QED) is 0.141. The van der Waals surface area contributed by atoms with Gasteiger partial charge in [-0.15, -0.1) is 0 Å². The molecule has 0 spiro atoms. The van der Waals surface area contributed by atoms with Crippen LogP contribution in [-0.4, -0.2) is 47.9 Å². The predicted molar refractivity (Wildman–Crippen MR) is 164 cm³/mol. The molecule has 0 unspecified atom stereocenters. The Morgan fingerprint density at radius 3 is 2.37 bits per heavy atom. The highest BCUT2D eigenvalue weighted by Crippen LogP contribution is 2.48. The van der Waals surface area contributed by atoms with Crippen LogP contribution in [0.5, 0.6) is 0 Å². The Hall–Kier alpha value is -3.49. The van der Waals surface area contributed by atoms with Gasteiger partial charge in [0.05, 0.1) is 10.3 Å². The van der Waals surface area contributed by atoms with E-state index < -0.39 is 21.5 Å². The fourth-order valence-corrected chi connectivity index (χ4v) is 6.59. The number of aliphatic carboxylic acids is 1. The van der Waals surface area contributed by atoms with E-state index in [0.717, 1.165) is 29.8 Å². The van der Waals surface area contributed by atoms with Crippen molar-refractivity contribution in [3.63, 3.8) is 0 Å². The summed E-state index contributed by atoms with van der Waals surface area (Å²) in [6.45, 7) is 11.4. The number of rotatable bonds is 10. The molecule has 7 nitrogen and oxygen atoms in total. The number of anilines is 1. The summed E-state index contributed by atoms with van der Waals surface area (Å²) in [5.74, 6) is -0.793. The normalized spacial score (nSPS) is 18.6. The number of hydrogen-bond acceptors (Lipinski definition) is 4. The van der Waals surface area contributed by atoms with Crippen molar-refractivity contribution in [3.8, 4) is 0 Å². The third-order valence-corrected chi connectivity index (χ3v) is 9.20.